The highest BCUT2D eigenvalue weighted by Crippen LogP contribution is 2.36. The van der Waals surface area contributed by atoms with Gasteiger partial charge in [-0.3, -0.25) is 0 Å². The fraction of sp³-hybridized carbons (Fsp3) is 0.429. The second-order valence-electron chi connectivity index (χ2n) is 5.66. The van der Waals surface area contributed by atoms with Gasteiger partial charge in [-0.15, -0.1) is 0 Å². The minimum absolute atomic E-state index is 0.00323. The fourth-order valence-electron chi connectivity index (χ4n) is 2.80. The molecule has 1 N–H and O–H groups in total. The molecule has 2 heterocycles. The third kappa shape index (κ3) is 3.33. The number of rotatable bonds is 2. The number of piperidine rings is 1. The maximum Gasteiger partial charge on any atom is 0.512 e. The molecule has 0 aliphatic carbocycles. The molecule has 0 bridgehead atoms. The van der Waals surface area contributed by atoms with E-state index in [4.69, 9.17) is 21.5 Å². The summed E-state index contributed by atoms with van der Waals surface area (Å²) in [6.45, 7) is 0.502. The van der Waals surface area contributed by atoms with Crippen LogP contribution in [-0.2, 0) is 19.6 Å². The molecular formula is C14H15ClN2O6S. The number of hydrogen-bond acceptors (Lipinski definition) is 6. The maximum absolute atomic E-state index is 12.6. The zero-order chi connectivity index (χ0) is 17.4. The quantitative estimate of drug-likeness (QED) is 0.796. The molecule has 2 aliphatic heterocycles. The van der Waals surface area contributed by atoms with Gasteiger partial charge in [0.2, 0.25) is 15.9 Å². The first-order valence-electron chi connectivity index (χ1n) is 7.22. The number of carbonyl (C=O) groups is 1. The van der Waals surface area contributed by atoms with Crippen LogP contribution in [0.2, 0.25) is 5.02 Å². The molecule has 10 heteroatoms. The number of benzene rings is 1. The molecule has 8 nitrogen and oxygen atoms in total. The molecular weight excluding hydrogens is 360 g/mol. The molecule has 1 spiro atoms. The van der Waals surface area contributed by atoms with E-state index in [1.165, 1.54) is 28.6 Å². The lowest BCUT2D eigenvalue weighted by Crippen LogP contribution is -2.46. The molecule has 1 fully saturated rings. The summed E-state index contributed by atoms with van der Waals surface area (Å²) in [6.07, 6.45) is -0.433. The topological polar surface area (TPSA) is 106 Å². The van der Waals surface area contributed by atoms with Gasteiger partial charge in [-0.05, 0) is 24.3 Å². The van der Waals surface area contributed by atoms with Gasteiger partial charge in [0.25, 0.3) is 0 Å². The van der Waals surface area contributed by atoms with Gasteiger partial charge in [0.1, 0.15) is 5.60 Å². The molecule has 1 aromatic rings. The molecule has 130 valence electrons. The van der Waals surface area contributed by atoms with E-state index in [9.17, 15) is 13.2 Å². The van der Waals surface area contributed by atoms with Crippen molar-refractivity contribution in [1.29, 1.82) is 0 Å². The van der Waals surface area contributed by atoms with Crippen LogP contribution in [0.3, 0.4) is 0 Å². The molecule has 0 unspecified atom stereocenters. The standard InChI is InChI=1S/C14H15ClN2O6S/c15-10-1-3-11(4-2-10)24(20,21)17-7-5-14(6-8-17)9-12(16-23-14)22-13(18)19/h1-4H,5-9H2,(H,18,19). The van der Waals surface area contributed by atoms with Gasteiger partial charge in [0.15, 0.2) is 0 Å². The second kappa shape index (κ2) is 6.23. The Balaban J connectivity index is 1.65. The predicted octanol–water partition coefficient (Wildman–Crippen LogP) is 2.29. The highest BCUT2D eigenvalue weighted by atomic mass is 35.5. The zero-order valence-corrected chi connectivity index (χ0v) is 14.1. The van der Waals surface area contributed by atoms with Gasteiger partial charge in [0.05, 0.1) is 11.3 Å². The summed E-state index contributed by atoms with van der Waals surface area (Å²) in [4.78, 5) is 16.1. The molecule has 0 aromatic heterocycles. The van der Waals surface area contributed by atoms with E-state index in [0.29, 0.717) is 17.9 Å². The lowest BCUT2D eigenvalue weighted by atomic mass is 9.89. The number of oxime groups is 1. The number of ether oxygens (including phenoxy) is 1. The van der Waals surface area contributed by atoms with Gasteiger partial charge >= 0.3 is 6.16 Å². The molecule has 3 rings (SSSR count). The lowest BCUT2D eigenvalue weighted by Gasteiger charge is -2.36. The summed E-state index contributed by atoms with van der Waals surface area (Å²) in [7, 11) is -3.60. The lowest BCUT2D eigenvalue weighted by molar-refractivity contribution is -0.0506. The molecule has 1 aromatic carbocycles. The maximum atomic E-state index is 12.6. The molecule has 0 atom stereocenters. The van der Waals surface area contributed by atoms with Crippen molar-refractivity contribution in [2.45, 2.75) is 29.8 Å². The third-order valence-electron chi connectivity index (χ3n) is 4.10. The fourth-order valence-corrected chi connectivity index (χ4v) is 4.37. The van der Waals surface area contributed by atoms with Crippen molar-refractivity contribution in [3.05, 3.63) is 29.3 Å². The number of sulfonamides is 1. The first-order valence-corrected chi connectivity index (χ1v) is 9.04. The van der Waals surface area contributed by atoms with Gasteiger partial charge in [0, 0.05) is 31.0 Å². The van der Waals surface area contributed by atoms with Crippen molar-refractivity contribution < 1.29 is 27.9 Å². The van der Waals surface area contributed by atoms with Gasteiger partial charge in [-0.25, -0.2) is 13.2 Å². The van der Waals surface area contributed by atoms with Crippen LogP contribution in [-0.4, -0.2) is 48.6 Å². The van der Waals surface area contributed by atoms with Crippen LogP contribution in [0.1, 0.15) is 19.3 Å². The van der Waals surface area contributed by atoms with Crippen LogP contribution in [0.4, 0.5) is 4.79 Å². The van der Waals surface area contributed by atoms with Crippen molar-refractivity contribution in [2.75, 3.05) is 13.1 Å². The minimum atomic E-state index is -3.60. The van der Waals surface area contributed by atoms with E-state index < -0.39 is 21.8 Å². The Morgan fingerprint density at radius 1 is 1.29 bits per heavy atom. The van der Waals surface area contributed by atoms with Crippen molar-refractivity contribution >= 4 is 33.7 Å². The average molecular weight is 375 g/mol. The van der Waals surface area contributed by atoms with E-state index in [-0.39, 0.29) is 30.3 Å². The Bertz CT molecular complexity index is 769. The zero-order valence-electron chi connectivity index (χ0n) is 12.5. The van der Waals surface area contributed by atoms with Crippen LogP contribution >= 0.6 is 11.6 Å². The molecule has 0 amide bonds. The number of carboxylic acid groups (broad SMARTS) is 1. The smallest absolute Gasteiger partial charge is 0.449 e. The Hall–Kier alpha value is -1.84. The largest absolute Gasteiger partial charge is 0.512 e. The van der Waals surface area contributed by atoms with Crippen LogP contribution in [0.5, 0.6) is 0 Å². The minimum Gasteiger partial charge on any atom is -0.449 e. The Morgan fingerprint density at radius 2 is 1.92 bits per heavy atom. The summed E-state index contributed by atoms with van der Waals surface area (Å²) in [6, 6.07) is 6.00. The van der Waals surface area contributed by atoms with E-state index in [0.717, 1.165) is 0 Å². The normalized spacial score (nSPS) is 20.5. The highest BCUT2D eigenvalue weighted by molar-refractivity contribution is 7.89. The molecule has 2 aliphatic rings. The predicted molar refractivity (Wildman–Crippen MR) is 84.4 cm³/mol. The number of nitrogens with zero attached hydrogens (tertiary/aromatic N) is 2. The molecule has 0 saturated carbocycles. The Kier molecular flexibility index (Phi) is 4.41. The second-order valence-corrected chi connectivity index (χ2v) is 8.04. The summed E-state index contributed by atoms with van der Waals surface area (Å²) in [5.41, 5.74) is -0.698. The van der Waals surface area contributed by atoms with Crippen molar-refractivity contribution in [3.63, 3.8) is 0 Å². The number of hydrogen-bond donors (Lipinski definition) is 1. The van der Waals surface area contributed by atoms with Crippen LogP contribution in [0, 0.1) is 0 Å². The van der Waals surface area contributed by atoms with Crippen LogP contribution in [0.25, 0.3) is 0 Å². The first kappa shape index (κ1) is 17.0. The Morgan fingerprint density at radius 3 is 2.50 bits per heavy atom. The van der Waals surface area contributed by atoms with E-state index in [1.807, 2.05) is 0 Å². The third-order valence-corrected chi connectivity index (χ3v) is 6.27. The Labute approximate surface area is 143 Å². The molecule has 24 heavy (non-hydrogen) atoms. The number of halogens is 1. The summed E-state index contributed by atoms with van der Waals surface area (Å²) < 4.78 is 31.1. The SMILES string of the molecule is O=C(O)OC1=NOC2(CCN(S(=O)(=O)c3ccc(Cl)cc3)CC2)C1. The van der Waals surface area contributed by atoms with Gasteiger partial charge in [-0.1, -0.05) is 16.8 Å². The van der Waals surface area contributed by atoms with E-state index >= 15 is 0 Å². The van der Waals surface area contributed by atoms with Gasteiger partial charge in [-0.2, -0.15) is 4.31 Å². The summed E-state index contributed by atoms with van der Waals surface area (Å²) in [5, 5.41) is 12.7. The van der Waals surface area contributed by atoms with Crippen molar-refractivity contribution in [1.82, 2.24) is 4.31 Å². The summed E-state index contributed by atoms with van der Waals surface area (Å²) >= 11 is 5.79. The van der Waals surface area contributed by atoms with Crippen molar-refractivity contribution in [2.24, 2.45) is 5.16 Å². The molecule has 1 saturated heterocycles. The van der Waals surface area contributed by atoms with E-state index in [2.05, 4.69) is 9.89 Å². The first-order chi connectivity index (χ1) is 11.3. The van der Waals surface area contributed by atoms with Crippen LogP contribution < -0.4 is 0 Å². The average Bonchev–Trinajstić information content (AvgIpc) is 2.90. The van der Waals surface area contributed by atoms with Gasteiger partial charge < -0.3 is 14.7 Å². The van der Waals surface area contributed by atoms with Crippen LogP contribution in [0.15, 0.2) is 34.3 Å². The summed E-state index contributed by atoms with van der Waals surface area (Å²) in [5.74, 6) is -0.00323. The van der Waals surface area contributed by atoms with E-state index in [1.54, 1.807) is 0 Å². The van der Waals surface area contributed by atoms with Crippen molar-refractivity contribution in [3.8, 4) is 0 Å². The monoisotopic (exact) mass is 374 g/mol. The molecule has 0 radical (unpaired) electrons. The highest BCUT2D eigenvalue weighted by Gasteiger charge is 2.45.